The van der Waals surface area contributed by atoms with Gasteiger partial charge in [0.1, 0.15) is 18.9 Å². The van der Waals surface area contributed by atoms with Crippen LogP contribution in [0.4, 0.5) is 0 Å². The van der Waals surface area contributed by atoms with Gasteiger partial charge >= 0.3 is 0 Å². The highest BCUT2D eigenvalue weighted by Crippen LogP contribution is 2.72. The van der Waals surface area contributed by atoms with Crippen molar-refractivity contribution in [2.24, 2.45) is 28.6 Å². The van der Waals surface area contributed by atoms with Crippen molar-refractivity contribution >= 4 is 17.5 Å². The third kappa shape index (κ3) is 4.18. The lowest BCUT2D eigenvalue weighted by atomic mass is 9.46. The van der Waals surface area contributed by atoms with E-state index in [-0.39, 0.29) is 54.6 Å². The minimum absolute atomic E-state index is 0.00823. The van der Waals surface area contributed by atoms with Crippen LogP contribution in [0.5, 0.6) is 0 Å². The van der Waals surface area contributed by atoms with E-state index in [1.165, 1.54) is 0 Å². The number of allylic oxidation sites excluding steroid dienone is 4. The summed E-state index contributed by atoms with van der Waals surface area (Å²) >= 11 is 0. The molecule has 1 saturated heterocycles. The molecule has 40 heavy (non-hydrogen) atoms. The zero-order valence-electron chi connectivity index (χ0n) is 24.7. The van der Waals surface area contributed by atoms with Gasteiger partial charge in [0, 0.05) is 16.7 Å². The largest absolute Gasteiger partial charge is 0.393 e. The van der Waals surface area contributed by atoms with Crippen LogP contribution in [0, 0.1) is 28.6 Å². The Labute approximate surface area is 237 Å². The Balaban J connectivity index is 1.45. The first-order valence-electron chi connectivity index (χ1n) is 14.9. The van der Waals surface area contributed by atoms with E-state index in [2.05, 4.69) is 31.4 Å². The Kier molecular flexibility index (Phi) is 7.70. The Morgan fingerprint density at radius 1 is 1.23 bits per heavy atom. The first-order valence-corrected chi connectivity index (χ1v) is 14.9. The van der Waals surface area contributed by atoms with Crippen LogP contribution in [-0.2, 0) is 28.6 Å². The van der Waals surface area contributed by atoms with Crippen LogP contribution in [0.15, 0.2) is 23.8 Å². The standard InChI is InChI=1S/C31H46N2O7/c1-7-8-25-39-30(5)14-22-21-10-9-19-13-20(34)11-12-28(19,3)26(21)23(35)15-29(22,4)31(30,40-25)24(36)16-38-17-33-27(37)18(2)32-6/h11-13,18,21-23,25-26,32,35H,7-10,14-17H2,1-6H3,(H,33,37)/t18-,21-,22-,23-,25?,26+,28-,29-,30+,31-/m0/s1. The quantitative estimate of drug-likeness (QED) is 0.292. The van der Waals surface area contributed by atoms with Crippen LogP contribution in [0.1, 0.15) is 73.1 Å². The molecule has 4 fully saturated rings. The minimum Gasteiger partial charge on any atom is -0.393 e. The molecule has 1 heterocycles. The predicted molar refractivity (Wildman–Crippen MR) is 148 cm³/mol. The normalized spacial score (nSPS) is 44.2. The van der Waals surface area contributed by atoms with Crippen LogP contribution >= 0.6 is 0 Å². The van der Waals surface area contributed by atoms with Crippen molar-refractivity contribution in [3.05, 3.63) is 23.8 Å². The molecule has 5 aliphatic rings. The van der Waals surface area contributed by atoms with Gasteiger partial charge in [0.15, 0.2) is 23.5 Å². The molecule has 4 aliphatic carbocycles. The molecular formula is C31H46N2O7. The molecule has 3 N–H and O–H groups in total. The van der Waals surface area contributed by atoms with Gasteiger partial charge < -0.3 is 30.0 Å². The molecule has 0 spiro atoms. The van der Waals surface area contributed by atoms with Crippen LogP contribution < -0.4 is 10.6 Å². The van der Waals surface area contributed by atoms with Crippen molar-refractivity contribution in [1.82, 2.24) is 10.6 Å². The number of Topliss-reactive ketones (excluding diaryl/α,β-unsaturated/α-hetero) is 1. The molecule has 0 radical (unpaired) electrons. The second kappa shape index (κ2) is 10.4. The van der Waals surface area contributed by atoms with Gasteiger partial charge in [0.05, 0.1) is 12.1 Å². The van der Waals surface area contributed by atoms with Crippen molar-refractivity contribution in [2.75, 3.05) is 20.4 Å². The molecule has 1 aliphatic heterocycles. The lowest BCUT2D eigenvalue weighted by Crippen LogP contribution is -2.65. The maximum absolute atomic E-state index is 14.3. The number of hydrogen-bond donors (Lipinski definition) is 3. The fourth-order valence-corrected chi connectivity index (χ4v) is 9.21. The number of carbonyl (C=O) groups is 3. The summed E-state index contributed by atoms with van der Waals surface area (Å²) in [6.07, 6.45) is 8.39. The number of aliphatic hydroxyl groups is 1. The number of carbonyl (C=O) groups excluding carboxylic acids is 3. The SMILES string of the molecule is CCCC1O[C@]2(C(=O)COCNC(=O)[C@H](C)NC)[C@@](C)(C[C@H]3[C@@H]4CCC5=CC(=O)C=C[C@]5(C)[C@H]4[C@@H](O)C[C@@]32C)O1. The van der Waals surface area contributed by atoms with Gasteiger partial charge in [0.25, 0.3) is 0 Å². The van der Waals surface area contributed by atoms with E-state index in [4.69, 9.17) is 14.2 Å². The third-order valence-electron chi connectivity index (χ3n) is 11.1. The number of fused-ring (bicyclic) bond motifs is 7. The molecule has 1 unspecified atom stereocenters. The number of nitrogens with one attached hydrogen (secondary N) is 2. The highest BCUT2D eigenvalue weighted by atomic mass is 16.8. The summed E-state index contributed by atoms with van der Waals surface area (Å²) in [5, 5.41) is 17.4. The van der Waals surface area contributed by atoms with Gasteiger partial charge in [-0.1, -0.05) is 38.8 Å². The number of likely N-dealkylation sites (N-methyl/N-ethyl adjacent to an activating group) is 1. The smallest absolute Gasteiger partial charge is 0.238 e. The summed E-state index contributed by atoms with van der Waals surface area (Å²) in [7, 11) is 1.70. The molecule has 0 bridgehead atoms. The number of ether oxygens (including phenoxy) is 3. The Hall–Kier alpha value is -1.91. The molecule has 5 rings (SSSR count). The monoisotopic (exact) mass is 558 g/mol. The van der Waals surface area contributed by atoms with Crippen LogP contribution in [0.2, 0.25) is 0 Å². The average Bonchev–Trinajstić information content (AvgIpc) is 3.30. The molecule has 9 nitrogen and oxygen atoms in total. The maximum Gasteiger partial charge on any atom is 0.238 e. The molecular weight excluding hydrogens is 512 g/mol. The summed E-state index contributed by atoms with van der Waals surface area (Å²) in [6.45, 7) is 9.73. The molecule has 9 heteroatoms. The number of aliphatic hydroxyl groups excluding tert-OH is 1. The Morgan fingerprint density at radius 2 is 1.98 bits per heavy atom. The second-order valence-corrected chi connectivity index (χ2v) is 13.2. The zero-order valence-corrected chi connectivity index (χ0v) is 24.7. The number of hydrogen-bond acceptors (Lipinski definition) is 8. The number of ketones is 2. The lowest BCUT2D eigenvalue weighted by molar-refractivity contribution is -0.201. The first kappa shape index (κ1) is 29.6. The van der Waals surface area contributed by atoms with Gasteiger partial charge in [-0.2, -0.15) is 0 Å². The Bertz CT molecular complexity index is 1120. The van der Waals surface area contributed by atoms with Crippen molar-refractivity contribution < 1.29 is 33.7 Å². The second-order valence-electron chi connectivity index (χ2n) is 13.2. The highest BCUT2D eigenvalue weighted by molar-refractivity contribution is 6.01. The molecule has 0 aromatic rings. The summed E-state index contributed by atoms with van der Waals surface area (Å²) in [5.74, 6) is -0.247. The van der Waals surface area contributed by atoms with Crippen molar-refractivity contribution in [1.29, 1.82) is 0 Å². The van der Waals surface area contributed by atoms with Crippen LogP contribution in [0.3, 0.4) is 0 Å². The van der Waals surface area contributed by atoms with Gasteiger partial charge in [-0.05, 0) is 77.0 Å². The third-order valence-corrected chi connectivity index (χ3v) is 11.1. The fraction of sp³-hybridized carbons (Fsp3) is 0.774. The van der Waals surface area contributed by atoms with E-state index in [9.17, 15) is 19.5 Å². The van der Waals surface area contributed by atoms with Crippen LogP contribution in [0.25, 0.3) is 0 Å². The van der Waals surface area contributed by atoms with E-state index in [1.807, 2.05) is 13.0 Å². The lowest BCUT2D eigenvalue weighted by Gasteiger charge is -2.59. The maximum atomic E-state index is 14.3. The average molecular weight is 559 g/mol. The van der Waals surface area contributed by atoms with Crippen LogP contribution in [-0.4, -0.2) is 72.6 Å². The van der Waals surface area contributed by atoms with E-state index in [1.54, 1.807) is 26.1 Å². The molecule has 0 aromatic carbocycles. The molecule has 0 aromatic heterocycles. The Morgan fingerprint density at radius 3 is 2.67 bits per heavy atom. The summed E-state index contributed by atoms with van der Waals surface area (Å²) < 4.78 is 19.1. The van der Waals surface area contributed by atoms with Crippen molar-refractivity contribution in [2.45, 2.75) is 103 Å². The summed E-state index contributed by atoms with van der Waals surface area (Å²) in [5.41, 5.74) is -2.14. The molecule has 10 atom stereocenters. The summed E-state index contributed by atoms with van der Waals surface area (Å²) in [6, 6.07) is -0.376. The van der Waals surface area contributed by atoms with Crippen molar-refractivity contribution in [3.63, 3.8) is 0 Å². The zero-order chi connectivity index (χ0) is 29.1. The molecule has 1 amide bonds. The number of amides is 1. The summed E-state index contributed by atoms with van der Waals surface area (Å²) in [4.78, 5) is 38.6. The van der Waals surface area contributed by atoms with Gasteiger partial charge in [-0.15, -0.1) is 0 Å². The topological polar surface area (TPSA) is 123 Å². The van der Waals surface area contributed by atoms with Gasteiger partial charge in [-0.25, -0.2) is 0 Å². The van der Waals surface area contributed by atoms with Crippen molar-refractivity contribution in [3.8, 4) is 0 Å². The van der Waals surface area contributed by atoms with Gasteiger partial charge in [-0.3, -0.25) is 14.4 Å². The number of rotatable bonds is 9. The highest BCUT2D eigenvalue weighted by Gasteiger charge is 2.80. The van der Waals surface area contributed by atoms with E-state index >= 15 is 0 Å². The first-order chi connectivity index (χ1) is 18.9. The minimum atomic E-state index is -1.28. The molecule has 222 valence electrons. The molecule has 3 saturated carbocycles. The van der Waals surface area contributed by atoms with Gasteiger partial charge in [0.2, 0.25) is 5.91 Å². The van der Waals surface area contributed by atoms with E-state index in [0.717, 1.165) is 24.8 Å². The van der Waals surface area contributed by atoms with E-state index < -0.39 is 34.4 Å². The predicted octanol–water partition coefficient (Wildman–Crippen LogP) is 2.81. The fourth-order valence-electron chi connectivity index (χ4n) is 9.21. The van der Waals surface area contributed by atoms with E-state index in [0.29, 0.717) is 19.3 Å².